The molecule has 0 unspecified atom stereocenters. The van der Waals surface area contributed by atoms with E-state index in [1.165, 1.54) is 107 Å². The third-order valence-corrected chi connectivity index (χ3v) is 6.43. The minimum atomic E-state index is 0.855. The van der Waals surface area contributed by atoms with E-state index in [0.717, 1.165) is 12.5 Å². The van der Waals surface area contributed by atoms with Gasteiger partial charge in [-0.3, -0.25) is 0 Å². The SMILES string of the molecule is NCCCCCCCCCCCCC(CCc1ccccc1)CCc1ccccc1. The third kappa shape index (κ3) is 12.2. The Morgan fingerprint density at radius 3 is 1.30 bits per heavy atom. The summed E-state index contributed by atoms with van der Waals surface area (Å²) in [6.07, 6.45) is 20.3. The number of benzene rings is 2. The Kier molecular flexibility index (Phi) is 14.1. The molecule has 0 spiro atoms. The van der Waals surface area contributed by atoms with Gasteiger partial charge in [0.15, 0.2) is 0 Å². The van der Waals surface area contributed by atoms with Crippen molar-refractivity contribution >= 4 is 0 Å². The molecule has 0 saturated carbocycles. The van der Waals surface area contributed by atoms with Crippen LogP contribution in [0.4, 0.5) is 0 Å². The minimum Gasteiger partial charge on any atom is -0.330 e. The Hall–Kier alpha value is -1.60. The molecule has 2 aromatic rings. The van der Waals surface area contributed by atoms with E-state index in [2.05, 4.69) is 60.7 Å². The van der Waals surface area contributed by atoms with Crippen LogP contribution in [0.15, 0.2) is 60.7 Å². The van der Waals surface area contributed by atoms with Crippen LogP contribution in [0.2, 0.25) is 0 Å². The average Bonchev–Trinajstić information content (AvgIpc) is 2.80. The highest BCUT2D eigenvalue weighted by Crippen LogP contribution is 2.23. The summed E-state index contributed by atoms with van der Waals surface area (Å²) >= 11 is 0. The molecule has 2 rings (SSSR count). The maximum atomic E-state index is 5.56. The predicted molar refractivity (Wildman–Crippen MR) is 133 cm³/mol. The van der Waals surface area contributed by atoms with E-state index < -0.39 is 0 Å². The Balaban J connectivity index is 1.60. The number of aryl methyl sites for hydroxylation is 2. The molecule has 0 fully saturated rings. The molecule has 2 aromatic carbocycles. The highest BCUT2D eigenvalue weighted by atomic mass is 14.5. The van der Waals surface area contributed by atoms with Gasteiger partial charge in [-0.2, -0.15) is 0 Å². The van der Waals surface area contributed by atoms with E-state index >= 15 is 0 Å². The van der Waals surface area contributed by atoms with Crippen LogP contribution in [0.5, 0.6) is 0 Å². The van der Waals surface area contributed by atoms with Crippen LogP contribution >= 0.6 is 0 Å². The van der Waals surface area contributed by atoms with E-state index in [9.17, 15) is 0 Å². The topological polar surface area (TPSA) is 26.0 Å². The normalized spacial score (nSPS) is 11.3. The van der Waals surface area contributed by atoms with E-state index in [1.54, 1.807) is 0 Å². The lowest BCUT2D eigenvalue weighted by atomic mass is 9.88. The molecular formula is C29H45N. The number of unbranched alkanes of at least 4 members (excludes halogenated alkanes) is 9. The summed E-state index contributed by atoms with van der Waals surface area (Å²) in [4.78, 5) is 0. The molecule has 0 bridgehead atoms. The van der Waals surface area contributed by atoms with E-state index in [4.69, 9.17) is 5.73 Å². The fraction of sp³-hybridized carbons (Fsp3) is 0.586. The quantitative estimate of drug-likeness (QED) is 0.248. The summed E-state index contributed by atoms with van der Waals surface area (Å²) in [6.45, 7) is 0.859. The van der Waals surface area contributed by atoms with Gasteiger partial charge in [-0.25, -0.2) is 0 Å². The van der Waals surface area contributed by atoms with Crippen molar-refractivity contribution in [3.63, 3.8) is 0 Å². The van der Waals surface area contributed by atoms with Crippen LogP contribution in [0.1, 0.15) is 94.6 Å². The predicted octanol–water partition coefficient (Wildman–Crippen LogP) is 8.12. The summed E-state index contributed by atoms with van der Waals surface area (Å²) in [5.41, 5.74) is 8.54. The largest absolute Gasteiger partial charge is 0.330 e. The number of hydrogen-bond acceptors (Lipinski definition) is 1. The first-order valence-electron chi connectivity index (χ1n) is 12.7. The molecule has 1 heteroatoms. The number of rotatable bonds is 18. The van der Waals surface area contributed by atoms with Gasteiger partial charge < -0.3 is 5.73 Å². The molecule has 0 amide bonds. The molecule has 2 N–H and O–H groups in total. The summed E-state index contributed by atoms with van der Waals surface area (Å²) in [5.74, 6) is 0.855. The average molecular weight is 408 g/mol. The number of hydrogen-bond donors (Lipinski definition) is 1. The van der Waals surface area contributed by atoms with Crippen LogP contribution in [0.3, 0.4) is 0 Å². The highest BCUT2D eigenvalue weighted by molar-refractivity contribution is 5.15. The van der Waals surface area contributed by atoms with Gasteiger partial charge in [-0.05, 0) is 55.7 Å². The molecule has 30 heavy (non-hydrogen) atoms. The lowest BCUT2D eigenvalue weighted by molar-refractivity contribution is 0.397. The van der Waals surface area contributed by atoms with Gasteiger partial charge in [0.2, 0.25) is 0 Å². The second-order valence-corrected chi connectivity index (χ2v) is 9.03. The Morgan fingerprint density at radius 1 is 0.467 bits per heavy atom. The molecule has 0 aliphatic heterocycles. The summed E-state index contributed by atoms with van der Waals surface area (Å²) in [5, 5.41) is 0. The number of nitrogens with two attached hydrogens (primary N) is 1. The van der Waals surface area contributed by atoms with Crippen molar-refractivity contribution in [2.75, 3.05) is 6.54 Å². The molecular weight excluding hydrogens is 362 g/mol. The van der Waals surface area contributed by atoms with Gasteiger partial charge in [-0.1, -0.05) is 125 Å². The highest BCUT2D eigenvalue weighted by Gasteiger charge is 2.10. The Bertz CT molecular complexity index is 563. The minimum absolute atomic E-state index is 0.855. The molecule has 166 valence electrons. The van der Waals surface area contributed by atoms with Crippen LogP contribution in [-0.2, 0) is 12.8 Å². The van der Waals surface area contributed by atoms with Crippen molar-refractivity contribution in [1.82, 2.24) is 0 Å². The van der Waals surface area contributed by atoms with Gasteiger partial charge in [0, 0.05) is 0 Å². The smallest absolute Gasteiger partial charge is 0.00773 e. The lowest BCUT2D eigenvalue weighted by Gasteiger charge is -2.17. The van der Waals surface area contributed by atoms with Crippen molar-refractivity contribution in [2.24, 2.45) is 11.7 Å². The fourth-order valence-corrected chi connectivity index (χ4v) is 4.46. The molecule has 0 saturated heterocycles. The fourth-order valence-electron chi connectivity index (χ4n) is 4.46. The molecule has 0 aromatic heterocycles. The first-order chi connectivity index (χ1) is 14.9. The van der Waals surface area contributed by atoms with Gasteiger partial charge in [0.1, 0.15) is 0 Å². The Labute approximate surface area is 186 Å². The van der Waals surface area contributed by atoms with E-state index in [1.807, 2.05) is 0 Å². The van der Waals surface area contributed by atoms with Gasteiger partial charge in [0.05, 0.1) is 0 Å². The van der Waals surface area contributed by atoms with Gasteiger partial charge in [-0.15, -0.1) is 0 Å². The molecule has 0 atom stereocenters. The summed E-state index contributed by atoms with van der Waals surface area (Å²) < 4.78 is 0. The Morgan fingerprint density at radius 2 is 0.867 bits per heavy atom. The van der Waals surface area contributed by atoms with Crippen molar-refractivity contribution in [1.29, 1.82) is 0 Å². The first kappa shape index (κ1) is 24.7. The zero-order valence-electron chi connectivity index (χ0n) is 19.2. The van der Waals surface area contributed by atoms with Crippen molar-refractivity contribution in [3.8, 4) is 0 Å². The molecule has 1 nitrogen and oxygen atoms in total. The monoisotopic (exact) mass is 407 g/mol. The molecule has 0 aliphatic carbocycles. The first-order valence-corrected chi connectivity index (χ1v) is 12.7. The molecule has 0 radical (unpaired) electrons. The lowest BCUT2D eigenvalue weighted by Crippen LogP contribution is -2.05. The maximum Gasteiger partial charge on any atom is -0.00773 e. The zero-order chi connectivity index (χ0) is 21.1. The maximum absolute atomic E-state index is 5.56. The molecule has 0 aliphatic rings. The van der Waals surface area contributed by atoms with Gasteiger partial charge in [0.25, 0.3) is 0 Å². The van der Waals surface area contributed by atoms with Crippen LogP contribution in [0.25, 0.3) is 0 Å². The van der Waals surface area contributed by atoms with E-state index in [0.29, 0.717) is 0 Å². The third-order valence-electron chi connectivity index (χ3n) is 6.43. The van der Waals surface area contributed by atoms with Crippen molar-refractivity contribution in [3.05, 3.63) is 71.8 Å². The standard InChI is InChI=1S/C29H45N/c30-26-16-8-6-4-2-1-3-5-7-11-21-29(24-22-27-17-12-9-13-18-27)25-23-28-19-14-10-15-20-28/h9-10,12-15,17-20,29H,1-8,11,16,21-26,30H2. The second kappa shape index (κ2) is 17.1. The van der Waals surface area contributed by atoms with E-state index in [-0.39, 0.29) is 0 Å². The molecule has 0 heterocycles. The zero-order valence-corrected chi connectivity index (χ0v) is 19.2. The second-order valence-electron chi connectivity index (χ2n) is 9.03. The summed E-state index contributed by atoms with van der Waals surface area (Å²) in [6, 6.07) is 22.1. The van der Waals surface area contributed by atoms with Crippen molar-refractivity contribution < 1.29 is 0 Å². The summed E-state index contributed by atoms with van der Waals surface area (Å²) in [7, 11) is 0. The van der Waals surface area contributed by atoms with Gasteiger partial charge >= 0.3 is 0 Å². The van der Waals surface area contributed by atoms with Crippen LogP contribution < -0.4 is 5.73 Å². The van der Waals surface area contributed by atoms with Crippen LogP contribution in [0, 0.1) is 5.92 Å². The van der Waals surface area contributed by atoms with Crippen molar-refractivity contribution in [2.45, 2.75) is 96.3 Å². The van der Waals surface area contributed by atoms with Crippen LogP contribution in [-0.4, -0.2) is 6.54 Å².